The molecule has 2 amide bonds. The number of amides is 2. The molecule has 10 heteroatoms. The van der Waals surface area contributed by atoms with Crippen molar-refractivity contribution in [1.29, 1.82) is 0 Å². The Labute approximate surface area is 220 Å². The third kappa shape index (κ3) is 4.59. The van der Waals surface area contributed by atoms with Crippen LogP contribution in [-0.2, 0) is 4.74 Å². The number of nitrogens with one attached hydrogen (secondary N) is 2. The Morgan fingerprint density at radius 2 is 1.97 bits per heavy atom. The predicted octanol–water partition coefficient (Wildman–Crippen LogP) is 4.41. The van der Waals surface area contributed by atoms with Gasteiger partial charge in [-0.3, -0.25) is 9.78 Å². The highest BCUT2D eigenvalue weighted by Crippen LogP contribution is 2.49. The summed E-state index contributed by atoms with van der Waals surface area (Å²) in [7, 11) is 0. The van der Waals surface area contributed by atoms with Crippen LogP contribution in [0.25, 0.3) is 22.2 Å². The van der Waals surface area contributed by atoms with Crippen LogP contribution in [0.1, 0.15) is 48.7 Å². The maximum Gasteiger partial charge on any atom is 0.409 e. The third-order valence-electron chi connectivity index (χ3n) is 7.40. The number of aromatic nitrogens is 2. The summed E-state index contributed by atoms with van der Waals surface area (Å²) in [6.45, 7) is 5.92. The number of H-pyrrole nitrogens is 1. The molecular formula is C28H32N4O6. The lowest BCUT2D eigenvalue weighted by molar-refractivity contribution is 0.0860. The first kappa shape index (κ1) is 24.4. The van der Waals surface area contributed by atoms with Crippen molar-refractivity contribution >= 4 is 23.0 Å². The fourth-order valence-corrected chi connectivity index (χ4v) is 5.19. The number of piperidine rings is 1. The highest BCUT2D eigenvalue weighted by Gasteiger charge is 2.30. The Kier molecular flexibility index (Phi) is 6.47. The van der Waals surface area contributed by atoms with E-state index in [1.54, 1.807) is 18.0 Å². The number of pyridine rings is 1. The van der Waals surface area contributed by atoms with Crippen LogP contribution in [0.2, 0.25) is 0 Å². The maximum absolute atomic E-state index is 13.5. The standard InChI is InChI=1S/C28H32N4O6/c1-3-35-28(34)32-12-9-18(10-13-32)31-27(33)22-16(2)30-24-19(8-11-29-25(22)24)23-20(36-14-17-4-5-17)6-7-21-26(23)38-15-37-21/h6-8,11,17-18,30H,3-5,9-10,12-15H2,1-2H3,(H,31,33). The molecule has 0 radical (unpaired) electrons. The number of carbonyl (C=O) groups excluding carboxylic acids is 2. The second kappa shape index (κ2) is 10.1. The summed E-state index contributed by atoms with van der Waals surface area (Å²) in [5.74, 6) is 2.44. The molecule has 0 unspecified atom stereocenters. The van der Waals surface area contributed by atoms with Crippen LogP contribution in [0.5, 0.6) is 17.2 Å². The molecule has 1 saturated heterocycles. The van der Waals surface area contributed by atoms with E-state index in [1.165, 1.54) is 12.8 Å². The van der Waals surface area contributed by atoms with Crippen LogP contribution in [0.3, 0.4) is 0 Å². The second-order valence-electron chi connectivity index (χ2n) is 10.1. The first-order valence-electron chi connectivity index (χ1n) is 13.3. The summed E-state index contributed by atoms with van der Waals surface area (Å²) in [5, 5.41) is 3.15. The normalized spacial score (nSPS) is 17.1. The molecule has 4 heterocycles. The SMILES string of the molecule is CCOC(=O)N1CCC(NC(=O)c2c(C)[nH]c3c(-c4c(OCC5CC5)ccc5c4OCO5)ccnc23)CC1. The van der Waals surface area contributed by atoms with E-state index in [9.17, 15) is 9.59 Å². The van der Waals surface area contributed by atoms with Gasteiger partial charge in [0.1, 0.15) is 11.3 Å². The summed E-state index contributed by atoms with van der Waals surface area (Å²) < 4.78 is 22.8. The molecular weight excluding hydrogens is 488 g/mol. The van der Waals surface area contributed by atoms with E-state index >= 15 is 0 Å². The van der Waals surface area contributed by atoms with Crippen molar-refractivity contribution in [3.63, 3.8) is 0 Å². The largest absolute Gasteiger partial charge is 0.493 e. The van der Waals surface area contributed by atoms with Gasteiger partial charge >= 0.3 is 6.09 Å². The molecule has 200 valence electrons. The smallest absolute Gasteiger partial charge is 0.409 e. The quantitative estimate of drug-likeness (QED) is 0.474. The first-order chi connectivity index (χ1) is 18.5. The fraction of sp³-hybridized carbons (Fsp3) is 0.464. The Hall–Kier alpha value is -3.95. The van der Waals surface area contributed by atoms with E-state index in [0.717, 1.165) is 28.1 Å². The van der Waals surface area contributed by atoms with Gasteiger partial charge in [0, 0.05) is 36.6 Å². The summed E-state index contributed by atoms with van der Waals surface area (Å²) >= 11 is 0. The van der Waals surface area contributed by atoms with E-state index < -0.39 is 0 Å². The zero-order valence-electron chi connectivity index (χ0n) is 21.7. The van der Waals surface area contributed by atoms with Gasteiger partial charge in [-0.25, -0.2) is 4.79 Å². The molecule has 0 atom stereocenters. The van der Waals surface area contributed by atoms with Gasteiger partial charge < -0.3 is 34.1 Å². The number of benzene rings is 1. The molecule has 6 rings (SSSR count). The van der Waals surface area contributed by atoms with Crippen molar-refractivity contribution in [3.8, 4) is 28.4 Å². The number of carbonyl (C=O) groups is 2. The number of aromatic amines is 1. The van der Waals surface area contributed by atoms with Crippen LogP contribution in [0.4, 0.5) is 4.79 Å². The van der Waals surface area contributed by atoms with Crippen LogP contribution < -0.4 is 19.5 Å². The van der Waals surface area contributed by atoms with Crippen LogP contribution in [0, 0.1) is 12.8 Å². The third-order valence-corrected chi connectivity index (χ3v) is 7.40. The molecule has 2 aliphatic heterocycles. The lowest BCUT2D eigenvalue weighted by atomic mass is 10.0. The number of hydrogen-bond acceptors (Lipinski definition) is 7. The van der Waals surface area contributed by atoms with Crippen molar-refractivity contribution in [2.24, 2.45) is 5.92 Å². The van der Waals surface area contributed by atoms with Crippen LogP contribution in [-0.4, -0.2) is 66.0 Å². The minimum Gasteiger partial charge on any atom is -0.493 e. The molecule has 10 nitrogen and oxygen atoms in total. The summed E-state index contributed by atoms with van der Waals surface area (Å²) in [5.41, 5.74) is 4.21. The molecule has 2 fully saturated rings. The molecule has 3 aliphatic rings. The minimum atomic E-state index is -0.302. The molecule has 0 bridgehead atoms. The topological polar surface area (TPSA) is 115 Å². The van der Waals surface area contributed by atoms with Gasteiger partial charge in [-0.15, -0.1) is 0 Å². The molecule has 3 aromatic rings. The Morgan fingerprint density at radius 1 is 1.16 bits per heavy atom. The molecule has 1 aromatic carbocycles. The number of aryl methyl sites for hydroxylation is 1. The first-order valence-corrected chi connectivity index (χ1v) is 13.3. The minimum absolute atomic E-state index is 0.0360. The molecule has 0 spiro atoms. The molecule has 2 N–H and O–H groups in total. The van der Waals surface area contributed by atoms with E-state index in [-0.39, 0.29) is 24.8 Å². The van der Waals surface area contributed by atoms with E-state index in [2.05, 4.69) is 15.3 Å². The summed E-state index contributed by atoms with van der Waals surface area (Å²) in [6.07, 6.45) is 5.12. The maximum atomic E-state index is 13.5. The van der Waals surface area contributed by atoms with Crippen LogP contribution in [0.15, 0.2) is 24.4 Å². The Balaban J connectivity index is 1.28. The fourth-order valence-electron chi connectivity index (χ4n) is 5.19. The van der Waals surface area contributed by atoms with Gasteiger partial charge in [0.25, 0.3) is 5.91 Å². The van der Waals surface area contributed by atoms with Crippen molar-refractivity contribution in [3.05, 3.63) is 35.7 Å². The number of fused-ring (bicyclic) bond motifs is 2. The summed E-state index contributed by atoms with van der Waals surface area (Å²) in [4.78, 5) is 35.1. The van der Waals surface area contributed by atoms with Crippen molar-refractivity contribution in [2.75, 3.05) is 33.1 Å². The average molecular weight is 521 g/mol. The lowest BCUT2D eigenvalue weighted by Gasteiger charge is -2.31. The van der Waals surface area contributed by atoms with E-state index in [4.69, 9.17) is 18.9 Å². The summed E-state index contributed by atoms with van der Waals surface area (Å²) in [6, 6.07) is 5.67. The molecule has 38 heavy (non-hydrogen) atoms. The number of nitrogens with zero attached hydrogens (tertiary/aromatic N) is 2. The zero-order valence-corrected chi connectivity index (χ0v) is 21.7. The van der Waals surface area contributed by atoms with Crippen molar-refractivity contribution < 1.29 is 28.5 Å². The van der Waals surface area contributed by atoms with Gasteiger partial charge in [0.05, 0.1) is 29.9 Å². The van der Waals surface area contributed by atoms with E-state index in [1.807, 2.05) is 25.1 Å². The van der Waals surface area contributed by atoms with Crippen molar-refractivity contribution in [1.82, 2.24) is 20.2 Å². The van der Waals surface area contributed by atoms with Gasteiger partial charge in [-0.05, 0) is 63.6 Å². The van der Waals surface area contributed by atoms with E-state index in [0.29, 0.717) is 67.6 Å². The highest BCUT2D eigenvalue weighted by atomic mass is 16.7. The van der Waals surface area contributed by atoms with Gasteiger partial charge in [-0.2, -0.15) is 0 Å². The number of hydrogen-bond donors (Lipinski definition) is 2. The zero-order chi connectivity index (χ0) is 26.2. The van der Waals surface area contributed by atoms with Crippen molar-refractivity contribution in [2.45, 2.75) is 45.6 Å². The van der Waals surface area contributed by atoms with Gasteiger partial charge in [0.2, 0.25) is 6.79 Å². The average Bonchev–Trinajstić information content (AvgIpc) is 3.50. The molecule has 2 aromatic heterocycles. The second-order valence-corrected chi connectivity index (χ2v) is 10.1. The van der Waals surface area contributed by atoms with Gasteiger partial charge in [0.15, 0.2) is 11.5 Å². The monoisotopic (exact) mass is 520 g/mol. The number of rotatable bonds is 7. The Bertz CT molecular complexity index is 1370. The number of ether oxygens (including phenoxy) is 4. The predicted molar refractivity (Wildman–Crippen MR) is 140 cm³/mol. The van der Waals surface area contributed by atoms with Gasteiger partial charge in [-0.1, -0.05) is 0 Å². The highest BCUT2D eigenvalue weighted by molar-refractivity contribution is 6.10. The lowest BCUT2D eigenvalue weighted by Crippen LogP contribution is -2.46. The Morgan fingerprint density at radius 3 is 2.74 bits per heavy atom. The molecule has 1 aliphatic carbocycles. The van der Waals surface area contributed by atoms with Crippen LogP contribution >= 0.6 is 0 Å². The molecule has 1 saturated carbocycles. The number of likely N-dealkylation sites (tertiary alicyclic amines) is 1.